The average Bonchev–Trinajstić information content (AvgIpc) is 3.16. The number of benzene rings is 1. The molecule has 1 aliphatic rings. The van der Waals surface area contributed by atoms with E-state index in [1.165, 1.54) is 0 Å². The molecular weight excluding hydrogens is 380 g/mol. The summed E-state index contributed by atoms with van der Waals surface area (Å²) in [6.45, 7) is 0.958. The summed E-state index contributed by atoms with van der Waals surface area (Å²) >= 11 is 0. The van der Waals surface area contributed by atoms with E-state index in [4.69, 9.17) is 4.74 Å². The third-order valence-electron chi connectivity index (χ3n) is 4.56. The summed E-state index contributed by atoms with van der Waals surface area (Å²) in [6.07, 6.45) is 0.462. The Morgan fingerprint density at radius 2 is 1.93 bits per heavy atom. The molecule has 0 N–H and O–H groups in total. The number of sulfone groups is 1. The molecule has 150 valence electrons. The summed E-state index contributed by atoms with van der Waals surface area (Å²) in [6, 6.07) is 11.8. The van der Waals surface area contributed by atoms with Crippen LogP contribution in [0, 0.1) is 0 Å². The molecule has 0 spiro atoms. The zero-order valence-electron chi connectivity index (χ0n) is 16.0. The van der Waals surface area contributed by atoms with Gasteiger partial charge in [0.2, 0.25) is 11.8 Å². The Bertz CT molecular complexity index is 901. The van der Waals surface area contributed by atoms with Gasteiger partial charge in [-0.1, -0.05) is 18.2 Å². The lowest BCUT2D eigenvalue weighted by Gasteiger charge is -2.17. The predicted molar refractivity (Wildman–Crippen MR) is 105 cm³/mol. The molecule has 9 heteroatoms. The SMILES string of the molecule is CN(C)c1ccc(OC2CCN(C(=O)CCS(=O)(=O)c3ccccc3)C2)nn1. The highest BCUT2D eigenvalue weighted by atomic mass is 32.2. The zero-order valence-corrected chi connectivity index (χ0v) is 16.8. The van der Waals surface area contributed by atoms with Crippen LogP contribution in [0.5, 0.6) is 5.88 Å². The molecule has 8 nitrogen and oxygen atoms in total. The molecule has 2 aromatic rings. The van der Waals surface area contributed by atoms with E-state index in [-0.39, 0.29) is 29.1 Å². The topological polar surface area (TPSA) is 92.7 Å². The summed E-state index contributed by atoms with van der Waals surface area (Å²) < 4.78 is 30.4. The normalized spacial score (nSPS) is 16.8. The molecule has 1 atom stereocenters. The van der Waals surface area contributed by atoms with Gasteiger partial charge in [0, 0.05) is 39.5 Å². The fourth-order valence-corrected chi connectivity index (χ4v) is 4.21. The second-order valence-electron chi connectivity index (χ2n) is 6.87. The zero-order chi connectivity index (χ0) is 20.1. The van der Waals surface area contributed by atoms with Crippen molar-refractivity contribution in [3.63, 3.8) is 0 Å². The van der Waals surface area contributed by atoms with Gasteiger partial charge in [-0.3, -0.25) is 4.79 Å². The number of carbonyl (C=O) groups excluding carboxylic acids is 1. The Hall–Kier alpha value is -2.68. The van der Waals surface area contributed by atoms with Gasteiger partial charge in [0.1, 0.15) is 6.10 Å². The van der Waals surface area contributed by atoms with Gasteiger partial charge < -0.3 is 14.5 Å². The lowest BCUT2D eigenvalue weighted by atomic mass is 10.3. The Kier molecular flexibility index (Phi) is 6.13. The van der Waals surface area contributed by atoms with Gasteiger partial charge in [-0.05, 0) is 18.2 Å². The van der Waals surface area contributed by atoms with E-state index < -0.39 is 9.84 Å². The van der Waals surface area contributed by atoms with Crippen LogP contribution >= 0.6 is 0 Å². The first-order valence-corrected chi connectivity index (χ1v) is 10.7. The van der Waals surface area contributed by atoms with Gasteiger partial charge in [-0.2, -0.15) is 0 Å². The van der Waals surface area contributed by atoms with Gasteiger partial charge in [0.25, 0.3) is 0 Å². The van der Waals surface area contributed by atoms with Crippen LogP contribution in [0.3, 0.4) is 0 Å². The third-order valence-corrected chi connectivity index (χ3v) is 6.29. The smallest absolute Gasteiger partial charge is 0.233 e. The molecule has 0 radical (unpaired) electrons. The number of aromatic nitrogens is 2. The van der Waals surface area contributed by atoms with Crippen molar-refractivity contribution in [3.05, 3.63) is 42.5 Å². The fourth-order valence-electron chi connectivity index (χ4n) is 2.96. The van der Waals surface area contributed by atoms with E-state index in [9.17, 15) is 13.2 Å². The Morgan fingerprint density at radius 1 is 1.18 bits per heavy atom. The Morgan fingerprint density at radius 3 is 2.57 bits per heavy atom. The summed E-state index contributed by atoms with van der Waals surface area (Å²) in [5.41, 5.74) is 0. The average molecular weight is 404 g/mol. The van der Waals surface area contributed by atoms with Crippen molar-refractivity contribution in [2.24, 2.45) is 0 Å². The van der Waals surface area contributed by atoms with Gasteiger partial charge >= 0.3 is 0 Å². The summed E-state index contributed by atoms with van der Waals surface area (Å²) in [5, 5.41) is 8.10. The van der Waals surface area contributed by atoms with Crippen molar-refractivity contribution in [2.45, 2.75) is 23.8 Å². The van der Waals surface area contributed by atoms with Crippen LogP contribution < -0.4 is 9.64 Å². The molecular formula is C19H24N4O4S. The number of hydrogen-bond acceptors (Lipinski definition) is 7. The van der Waals surface area contributed by atoms with E-state index in [0.29, 0.717) is 25.4 Å². The first-order chi connectivity index (χ1) is 13.3. The van der Waals surface area contributed by atoms with Gasteiger partial charge in [-0.25, -0.2) is 8.42 Å². The predicted octanol–water partition coefficient (Wildman–Crippen LogP) is 1.39. The second-order valence-corrected chi connectivity index (χ2v) is 8.98. The second kappa shape index (κ2) is 8.55. The number of rotatable bonds is 7. The van der Waals surface area contributed by atoms with Crippen LogP contribution in [-0.2, 0) is 14.6 Å². The van der Waals surface area contributed by atoms with Gasteiger partial charge in [0.15, 0.2) is 15.7 Å². The van der Waals surface area contributed by atoms with Crippen LogP contribution in [0.25, 0.3) is 0 Å². The number of carbonyl (C=O) groups is 1. The minimum Gasteiger partial charge on any atom is -0.471 e. The van der Waals surface area contributed by atoms with Gasteiger partial charge in [-0.15, -0.1) is 10.2 Å². The molecule has 28 heavy (non-hydrogen) atoms. The molecule has 1 fully saturated rings. The number of amides is 1. The van der Waals surface area contributed by atoms with Crippen LogP contribution in [0.2, 0.25) is 0 Å². The maximum Gasteiger partial charge on any atom is 0.233 e. The molecule has 1 unspecified atom stereocenters. The van der Waals surface area contributed by atoms with E-state index in [0.717, 1.165) is 5.82 Å². The lowest BCUT2D eigenvalue weighted by molar-refractivity contribution is -0.130. The molecule has 1 aromatic heterocycles. The first-order valence-electron chi connectivity index (χ1n) is 9.08. The number of anilines is 1. The molecule has 1 aromatic carbocycles. The minimum absolute atomic E-state index is 0.0404. The van der Waals surface area contributed by atoms with E-state index in [1.54, 1.807) is 41.3 Å². The monoisotopic (exact) mass is 404 g/mol. The van der Waals surface area contributed by atoms with Crippen LogP contribution in [0.4, 0.5) is 5.82 Å². The summed E-state index contributed by atoms with van der Waals surface area (Å²) in [7, 11) is 0.297. The summed E-state index contributed by atoms with van der Waals surface area (Å²) in [4.78, 5) is 16.1. The maximum absolute atomic E-state index is 12.4. The molecule has 0 aliphatic carbocycles. The maximum atomic E-state index is 12.4. The molecule has 1 saturated heterocycles. The van der Waals surface area contributed by atoms with Crippen LogP contribution in [0.15, 0.2) is 47.4 Å². The van der Waals surface area contributed by atoms with Crippen molar-refractivity contribution in [3.8, 4) is 5.88 Å². The Balaban J connectivity index is 1.50. The molecule has 0 saturated carbocycles. The molecule has 1 amide bonds. The third kappa shape index (κ3) is 4.98. The largest absolute Gasteiger partial charge is 0.471 e. The lowest BCUT2D eigenvalue weighted by Crippen LogP contribution is -2.32. The van der Waals surface area contributed by atoms with E-state index in [2.05, 4.69) is 10.2 Å². The minimum atomic E-state index is -3.46. The van der Waals surface area contributed by atoms with Crippen LogP contribution in [-0.4, -0.2) is 68.5 Å². The highest BCUT2D eigenvalue weighted by Crippen LogP contribution is 2.19. The van der Waals surface area contributed by atoms with Crippen molar-refractivity contribution < 1.29 is 17.9 Å². The van der Waals surface area contributed by atoms with Gasteiger partial charge in [0.05, 0.1) is 17.2 Å². The highest BCUT2D eigenvalue weighted by molar-refractivity contribution is 7.91. The fraction of sp³-hybridized carbons (Fsp3) is 0.421. The standard InChI is InChI=1S/C19H24N4O4S/c1-22(2)17-8-9-18(21-20-17)27-15-10-12-23(14-15)19(24)11-13-28(25,26)16-6-4-3-5-7-16/h3-9,15H,10-14H2,1-2H3. The number of hydrogen-bond donors (Lipinski definition) is 0. The molecule has 3 rings (SSSR count). The first kappa shape index (κ1) is 20.1. The number of ether oxygens (including phenoxy) is 1. The molecule has 1 aliphatic heterocycles. The Labute approximate surface area is 165 Å². The van der Waals surface area contributed by atoms with Crippen molar-refractivity contribution in [1.29, 1.82) is 0 Å². The van der Waals surface area contributed by atoms with E-state index in [1.807, 2.05) is 25.1 Å². The number of nitrogens with zero attached hydrogens (tertiary/aromatic N) is 4. The van der Waals surface area contributed by atoms with Crippen molar-refractivity contribution in [1.82, 2.24) is 15.1 Å². The molecule has 2 heterocycles. The van der Waals surface area contributed by atoms with Crippen molar-refractivity contribution >= 4 is 21.6 Å². The van der Waals surface area contributed by atoms with E-state index >= 15 is 0 Å². The van der Waals surface area contributed by atoms with Crippen molar-refractivity contribution in [2.75, 3.05) is 37.8 Å². The summed E-state index contributed by atoms with van der Waals surface area (Å²) in [5.74, 6) is 0.765. The van der Waals surface area contributed by atoms with Crippen LogP contribution in [0.1, 0.15) is 12.8 Å². The number of likely N-dealkylation sites (tertiary alicyclic amines) is 1. The highest BCUT2D eigenvalue weighted by Gasteiger charge is 2.29. The molecule has 0 bridgehead atoms. The quantitative estimate of drug-likeness (QED) is 0.688.